The number of nitrogens with one attached hydrogen (secondary N) is 1. The van der Waals surface area contributed by atoms with Crippen molar-refractivity contribution in [2.45, 2.75) is 0 Å². The summed E-state index contributed by atoms with van der Waals surface area (Å²) in [5, 5.41) is 2.87. The largest absolute Gasteiger partial charge is 0.375 e. The first kappa shape index (κ1) is 10.3. The number of para-hydroxylation sites is 1. The molecule has 0 saturated heterocycles. The highest BCUT2D eigenvalue weighted by Crippen LogP contribution is 2.04. The standard InChI is InChI=1S/C8H8INO3/c9-13-12-8(11)6-10-7-4-2-1-3-5-7/h1-5,10H,6H2. The van der Waals surface area contributed by atoms with Crippen molar-refractivity contribution in [2.24, 2.45) is 0 Å². The van der Waals surface area contributed by atoms with E-state index in [1.807, 2.05) is 30.3 Å². The van der Waals surface area contributed by atoms with Crippen LogP contribution in [0.1, 0.15) is 0 Å². The van der Waals surface area contributed by atoms with Crippen LogP contribution < -0.4 is 5.32 Å². The first-order chi connectivity index (χ1) is 6.33. The van der Waals surface area contributed by atoms with Crippen LogP contribution in [-0.2, 0) is 12.9 Å². The molecule has 1 rings (SSSR count). The van der Waals surface area contributed by atoms with E-state index < -0.39 is 5.97 Å². The molecule has 0 aliphatic rings. The maximum Gasteiger partial charge on any atom is 0.362 e. The molecular formula is C8H8INO3. The summed E-state index contributed by atoms with van der Waals surface area (Å²) in [4.78, 5) is 15.1. The highest BCUT2D eigenvalue weighted by atomic mass is 127. The summed E-state index contributed by atoms with van der Waals surface area (Å²) in [6, 6.07) is 9.37. The summed E-state index contributed by atoms with van der Waals surface area (Å²) >= 11 is 1.49. The average Bonchev–Trinajstić information content (AvgIpc) is 2.17. The summed E-state index contributed by atoms with van der Waals surface area (Å²) in [6.07, 6.45) is 0. The number of hydrogen-bond acceptors (Lipinski definition) is 4. The Balaban J connectivity index is 2.31. The molecule has 0 radical (unpaired) electrons. The van der Waals surface area contributed by atoms with E-state index >= 15 is 0 Å². The van der Waals surface area contributed by atoms with Crippen LogP contribution in [0.2, 0.25) is 0 Å². The molecule has 0 bridgehead atoms. The summed E-state index contributed by atoms with van der Waals surface area (Å²) < 4.78 is 4.17. The van der Waals surface area contributed by atoms with Crippen LogP contribution in [0.25, 0.3) is 0 Å². The van der Waals surface area contributed by atoms with Crippen molar-refractivity contribution in [1.82, 2.24) is 0 Å². The molecule has 0 amide bonds. The minimum absolute atomic E-state index is 0.0903. The smallest absolute Gasteiger partial charge is 0.362 e. The van der Waals surface area contributed by atoms with E-state index in [-0.39, 0.29) is 6.54 Å². The molecular weight excluding hydrogens is 285 g/mol. The molecule has 4 nitrogen and oxygen atoms in total. The molecule has 0 spiro atoms. The number of carbonyl (C=O) groups excluding carboxylic acids is 1. The van der Waals surface area contributed by atoms with Crippen molar-refractivity contribution in [1.29, 1.82) is 0 Å². The molecule has 0 saturated carbocycles. The fourth-order valence-corrected chi connectivity index (χ4v) is 0.995. The van der Waals surface area contributed by atoms with Gasteiger partial charge in [0.25, 0.3) is 0 Å². The normalized spacial score (nSPS) is 9.31. The van der Waals surface area contributed by atoms with E-state index in [1.165, 1.54) is 23.0 Å². The summed E-state index contributed by atoms with van der Waals surface area (Å²) in [7, 11) is 0. The Morgan fingerprint density at radius 1 is 1.38 bits per heavy atom. The number of halogens is 1. The predicted octanol–water partition coefficient (Wildman–Crippen LogP) is 1.92. The van der Waals surface area contributed by atoms with Gasteiger partial charge in [-0.2, -0.15) is 0 Å². The third kappa shape index (κ3) is 4.09. The van der Waals surface area contributed by atoms with Gasteiger partial charge in [0.15, 0.2) is 23.0 Å². The Morgan fingerprint density at radius 3 is 2.69 bits per heavy atom. The summed E-state index contributed by atoms with van der Waals surface area (Å²) in [5.41, 5.74) is 0.868. The Bertz CT molecular complexity index is 265. The van der Waals surface area contributed by atoms with Gasteiger partial charge in [0, 0.05) is 5.69 Å². The van der Waals surface area contributed by atoms with Crippen molar-refractivity contribution in [3.63, 3.8) is 0 Å². The number of rotatable bonds is 4. The van der Waals surface area contributed by atoms with Crippen molar-refractivity contribution in [2.75, 3.05) is 11.9 Å². The van der Waals surface area contributed by atoms with Crippen LogP contribution >= 0.6 is 23.0 Å². The van der Waals surface area contributed by atoms with E-state index in [1.54, 1.807) is 0 Å². The molecule has 1 aromatic rings. The van der Waals surface area contributed by atoms with Gasteiger partial charge < -0.3 is 5.32 Å². The molecule has 5 heteroatoms. The van der Waals surface area contributed by atoms with Crippen LogP contribution in [0.3, 0.4) is 0 Å². The van der Waals surface area contributed by atoms with E-state index in [4.69, 9.17) is 0 Å². The molecule has 1 aromatic carbocycles. The fraction of sp³-hybridized carbons (Fsp3) is 0.125. The third-order valence-corrected chi connectivity index (χ3v) is 1.51. The minimum Gasteiger partial charge on any atom is -0.375 e. The number of hydrogen-bond donors (Lipinski definition) is 1. The number of benzene rings is 1. The Morgan fingerprint density at radius 2 is 2.08 bits per heavy atom. The second-order valence-corrected chi connectivity index (χ2v) is 2.60. The lowest BCUT2D eigenvalue weighted by Gasteiger charge is -2.02. The molecule has 0 fully saturated rings. The van der Waals surface area contributed by atoms with E-state index in [0.29, 0.717) is 0 Å². The Kier molecular flexibility index (Phi) is 4.55. The van der Waals surface area contributed by atoms with Gasteiger partial charge >= 0.3 is 5.97 Å². The molecule has 0 atom stereocenters. The van der Waals surface area contributed by atoms with Gasteiger partial charge in [-0.25, -0.2) is 4.79 Å². The maximum absolute atomic E-state index is 10.8. The average molecular weight is 293 g/mol. The molecule has 0 unspecified atom stereocenters. The second-order valence-electron chi connectivity index (χ2n) is 2.24. The zero-order valence-corrected chi connectivity index (χ0v) is 8.85. The summed E-state index contributed by atoms with van der Waals surface area (Å²) in [5.74, 6) is -0.460. The molecule has 0 aliphatic carbocycles. The van der Waals surface area contributed by atoms with Gasteiger partial charge in [-0.05, 0) is 12.1 Å². The molecule has 0 heterocycles. The Labute approximate surface area is 89.8 Å². The second kappa shape index (κ2) is 5.76. The molecule has 70 valence electrons. The van der Waals surface area contributed by atoms with Crippen molar-refractivity contribution in [3.8, 4) is 0 Å². The lowest BCUT2D eigenvalue weighted by molar-refractivity contribution is -0.192. The number of anilines is 1. The van der Waals surface area contributed by atoms with Gasteiger partial charge in [-0.1, -0.05) is 18.2 Å². The monoisotopic (exact) mass is 293 g/mol. The SMILES string of the molecule is O=C(CNc1ccccc1)OOI. The quantitative estimate of drug-likeness (QED) is 0.523. The Hall–Kier alpha value is -0.820. The van der Waals surface area contributed by atoms with Crippen LogP contribution in [0, 0.1) is 0 Å². The van der Waals surface area contributed by atoms with Crippen LogP contribution in [0.4, 0.5) is 5.69 Å². The lowest BCUT2D eigenvalue weighted by atomic mass is 10.3. The minimum atomic E-state index is -0.460. The molecule has 0 aromatic heterocycles. The van der Waals surface area contributed by atoms with Gasteiger partial charge in [0.2, 0.25) is 0 Å². The van der Waals surface area contributed by atoms with Gasteiger partial charge in [-0.3, -0.25) is 4.89 Å². The maximum atomic E-state index is 10.8. The molecule has 13 heavy (non-hydrogen) atoms. The lowest BCUT2D eigenvalue weighted by Crippen LogP contribution is -2.15. The highest BCUT2D eigenvalue weighted by molar-refractivity contribution is 14.1. The summed E-state index contributed by atoms with van der Waals surface area (Å²) in [6.45, 7) is 0.0903. The van der Waals surface area contributed by atoms with Gasteiger partial charge in [0.1, 0.15) is 6.54 Å². The molecule has 1 N–H and O–H groups in total. The zero-order chi connectivity index (χ0) is 9.52. The van der Waals surface area contributed by atoms with Crippen LogP contribution in [0.5, 0.6) is 0 Å². The zero-order valence-electron chi connectivity index (χ0n) is 6.70. The van der Waals surface area contributed by atoms with Gasteiger partial charge in [-0.15, -0.1) is 3.22 Å². The van der Waals surface area contributed by atoms with Crippen LogP contribution in [0.15, 0.2) is 30.3 Å². The van der Waals surface area contributed by atoms with E-state index in [9.17, 15) is 4.79 Å². The van der Waals surface area contributed by atoms with Crippen molar-refractivity contribution in [3.05, 3.63) is 30.3 Å². The topological polar surface area (TPSA) is 47.6 Å². The van der Waals surface area contributed by atoms with Gasteiger partial charge in [0.05, 0.1) is 0 Å². The number of carbonyl (C=O) groups is 1. The van der Waals surface area contributed by atoms with E-state index in [0.717, 1.165) is 5.69 Å². The van der Waals surface area contributed by atoms with Crippen molar-refractivity contribution < 1.29 is 12.9 Å². The predicted molar refractivity (Wildman–Crippen MR) is 56.1 cm³/mol. The van der Waals surface area contributed by atoms with Crippen molar-refractivity contribution >= 4 is 34.7 Å². The third-order valence-electron chi connectivity index (χ3n) is 1.34. The van der Waals surface area contributed by atoms with Crippen LogP contribution in [-0.4, -0.2) is 12.5 Å². The highest BCUT2D eigenvalue weighted by Gasteiger charge is 2.01. The first-order valence-electron chi connectivity index (χ1n) is 3.60. The van der Waals surface area contributed by atoms with E-state index in [2.05, 4.69) is 13.4 Å². The molecule has 0 aliphatic heterocycles. The fourth-order valence-electron chi connectivity index (χ4n) is 0.795. The first-order valence-corrected chi connectivity index (χ1v) is 4.48.